The molecule has 2 aromatic carbocycles. The number of esters is 1. The fourth-order valence-electron chi connectivity index (χ4n) is 3.67. The Morgan fingerprint density at radius 3 is 2.64 bits per heavy atom. The van der Waals surface area contributed by atoms with E-state index in [0.29, 0.717) is 21.8 Å². The molecule has 0 saturated heterocycles. The Morgan fingerprint density at radius 2 is 2.00 bits per heavy atom. The molecular weight excluding hydrogens is 467 g/mol. The van der Waals surface area contributed by atoms with Crippen molar-refractivity contribution in [3.8, 4) is 5.75 Å². The van der Waals surface area contributed by atoms with Crippen LogP contribution in [0.4, 0.5) is 4.39 Å². The lowest BCUT2D eigenvalue weighted by Crippen LogP contribution is -2.39. The zero-order valence-electron chi connectivity index (χ0n) is 18.1. The lowest BCUT2D eigenvalue weighted by atomic mass is 9.96. The number of rotatable bonds is 5. The molecule has 0 aliphatic carbocycles. The van der Waals surface area contributed by atoms with Crippen LogP contribution < -0.4 is 19.6 Å². The van der Waals surface area contributed by atoms with Crippen molar-refractivity contribution in [1.29, 1.82) is 0 Å². The number of fused-ring (bicyclic) bond motifs is 1. The summed E-state index contributed by atoms with van der Waals surface area (Å²) in [6, 6.07) is 10.6. The van der Waals surface area contributed by atoms with Crippen LogP contribution in [0.2, 0.25) is 5.02 Å². The molecule has 0 N–H and O–H groups in total. The van der Waals surface area contributed by atoms with Gasteiger partial charge in [0, 0.05) is 5.56 Å². The van der Waals surface area contributed by atoms with Gasteiger partial charge in [-0.3, -0.25) is 9.36 Å². The van der Waals surface area contributed by atoms with Crippen LogP contribution in [0.3, 0.4) is 0 Å². The number of ether oxygens (including phenoxy) is 2. The van der Waals surface area contributed by atoms with Gasteiger partial charge in [0.1, 0.15) is 11.6 Å². The summed E-state index contributed by atoms with van der Waals surface area (Å²) in [7, 11) is 1.56. The van der Waals surface area contributed by atoms with E-state index in [-0.39, 0.29) is 27.3 Å². The van der Waals surface area contributed by atoms with Crippen molar-refractivity contribution in [2.24, 2.45) is 4.99 Å². The van der Waals surface area contributed by atoms with Crippen LogP contribution in [0.15, 0.2) is 63.5 Å². The summed E-state index contributed by atoms with van der Waals surface area (Å²) < 4.78 is 26.5. The number of hydrogen-bond donors (Lipinski definition) is 0. The second kappa shape index (κ2) is 9.33. The summed E-state index contributed by atoms with van der Waals surface area (Å²) in [6.45, 7) is 3.60. The summed E-state index contributed by atoms with van der Waals surface area (Å²) in [5, 5.41) is 0.191. The van der Waals surface area contributed by atoms with Gasteiger partial charge in [-0.25, -0.2) is 14.2 Å². The van der Waals surface area contributed by atoms with Crippen molar-refractivity contribution < 1.29 is 18.7 Å². The number of nitrogens with zero attached hydrogens (tertiary/aromatic N) is 2. The highest BCUT2D eigenvalue weighted by molar-refractivity contribution is 7.07. The minimum atomic E-state index is -0.760. The average Bonchev–Trinajstić information content (AvgIpc) is 3.10. The monoisotopic (exact) mass is 486 g/mol. The van der Waals surface area contributed by atoms with Gasteiger partial charge in [0.05, 0.1) is 40.6 Å². The smallest absolute Gasteiger partial charge is 0.338 e. The highest BCUT2D eigenvalue weighted by atomic mass is 35.5. The van der Waals surface area contributed by atoms with Crippen molar-refractivity contribution in [2.75, 3.05) is 13.7 Å². The van der Waals surface area contributed by atoms with Crippen molar-refractivity contribution in [2.45, 2.75) is 19.9 Å². The first-order valence-electron chi connectivity index (χ1n) is 10.1. The van der Waals surface area contributed by atoms with Gasteiger partial charge in [-0.15, -0.1) is 0 Å². The third kappa shape index (κ3) is 4.24. The zero-order chi connectivity index (χ0) is 23.7. The summed E-state index contributed by atoms with van der Waals surface area (Å²) in [5.74, 6) is -0.451. The number of allylic oxidation sites excluding steroid dienone is 1. The second-order valence-corrected chi connectivity index (χ2v) is 8.63. The van der Waals surface area contributed by atoms with Crippen molar-refractivity contribution in [3.63, 3.8) is 0 Å². The number of halogens is 2. The van der Waals surface area contributed by atoms with Crippen molar-refractivity contribution >= 4 is 35.0 Å². The highest BCUT2D eigenvalue weighted by Crippen LogP contribution is 2.31. The van der Waals surface area contributed by atoms with E-state index in [0.717, 1.165) is 11.3 Å². The number of thiazole rings is 1. The van der Waals surface area contributed by atoms with Crippen LogP contribution in [0, 0.1) is 5.82 Å². The normalized spacial score (nSPS) is 15.8. The second-order valence-electron chi connectivity index (χ2n) is 7.21. The number of hydrogen-bond acceptors (Lipinski definition) is 6. The Balaban J connectivity index is 1.97. The van der Waals surface area contributed by atoms with Gasteiger partial charge in [0.25, 0.3) is 5.56 Å². The highest BCUT2D eigenvalue weighted by Gasteiger charge is 2.33. The quantitative estimate of drug-likeness (QED) is 0.517. The molecule has 1 unspecified atom stereocenters. The molecule has 6 nitrogen and oxygen atoms in total. The van der Waals surface area contributed by atoms with Gasteiger partial charge < -0.3 is 9.47 Å². The number of carbonyl (C=O) groups is 1. The van der Waals surface area contributed by atoms with E-state index in [1.54, 1.807) is 51.3 Å². The molecule has 1 atom stereocenters. The molecule has 0 fully saturated rings. The van der Waals surface area contributed by atoms with Gasteiger partial charge in [-0.1, -0.05) is 41.1 Å². The summed E-state index contributed by atoms with van der Waals surface area (Å²) in [5.41, 5.74) is 1.11. The molecule has 170 valence electrons. The average molecular weight is 487 g/mol. The third-order valence-corrected chi connectivity index (χ3v) is 6.54. The van der Waals surface area contributed by atoms with Crippen LogP contribution in [0.25, 0.3) is 6.08 Å². The molecule has 4 rings (SSSR count). The number of aromatic nitrogens is 1. The van der Waals surface area contributed by atoms with Crippen LogP contribution >= 0.6 is 22.9 Å². The molecule has 0 radical (unpaired) electrons. The molecule has 0 bridgehead atoms. The van der Waals surface area contributed by atoms with E-state index in [1.165, 1.54) is 22.8 Å². The maximum atomic E-state index is 14.4. The maximum Gasteiger partial charge on any atom is 0.338 e. The Morgan fingerprint density at radius 1 is 1.27 bits per heavy atom. The maximum absolute atomic E-state index is 14.4. The lowest BCUT2D eigenvalue weighted by Gasteiger charge is -2.24. The van der Waals surface area contributed by atoms with E-state index in [2.05, 4.69) is 4.99 Å². The molecular formula is C24H20ClFN2O4S. The molecule has 0 spiro atoms. The van der Waals surface area contributed by atoms with Crippen LogP contribution in [-0.2, 0) is 9.53 Å². The van der Waals surface area contributed by atoms with Gasteiger partial charge in [-0.2, -0.15) is 0 Å². The summed E-state index contributed by atoms with van der Waals surface area (Å²) >= 11 is 7.26. The zero-order valence-corrected chi connectivity index (χ0v) is 19.7. The minimum absolute atomic E-state index is 0.117. The van der Waals surface area contributed by atoms with Gasteiger partial charge >= 0.3 is 5.97 Å². The number of benzene rings is 2. The summed E-state index contributed by atoms with van der Waals surface area (Å²) in [6.07, 6.45) is 1.41. The minimum Gasteiger partial charge on any atom is -0.497 e. The molecule has 33 heavy (non-hydrogen) atoms. The molecule has 0 amide bonds. The van der Waals surface area contributed by atoms with Gasteiger partial charge in [-0.05, 0) is 49.8 Å². The van der Waals surface area contributed by atoms with E-state index in [1.807, 2.05) is 0 Å². The molecule has 3 aromatic rings. The van der Waals surface area contributed by atoms with E-state index in [9.17, 15) is 14.0 Å². The lowest BCUT2D eigenvalue weighted by molar-refractivity contribution is -0.139. The summed E-state index contributed by atoms with van der Waals surface area (Å²) in [4.78, 5) is 31.3. The topological polar surface area (TPSA) is 69.9 Å². The third-order valence-electron chi connectivity index (χ3n) is 5.22. The predicted molar refractivity (Wildman–Crippen MR) is 125 cm³/mol. The van der Waals surface area contributed by atoms with Crippen molar-refractivity contribution in [1.82, 2.24) is 4.57 Å². The molecule has 1 aliphatic rings. The Labute approximate surface area is 197 Å². The Kier molecular flexibility index (Phi) is 6.49. The molecule has 1 aromatic heterocycles. The van der Waals surface area contributed by atoms with Gasteiger partial charge in [0.2, 0.25) is 0 Å². The first-order valence-corrected chi connectivity index (χ1v) is 11.3. The molecule has 0 saturated carbocycles. The van der Waals surface area contributed by atoms with Crippen molar-refractivity contribution in [3.05, 3.63) is 95.4 Å². The predicted octanol–water partition coefficient (Wildman–Crippen LogP) is 3.60. The SMILES string of the molecule is CCOC(=O)C1=C(C)N=c2s/c(=C/c3c(F)cccc3Cl)c(=O)n2C1c1ccc(OC)cc1. The van der Waals surface area contributed by atoms with Gasteiger partial charge in [0.15, 0.2) is 4.80 Å². The van der Waals surface area contributed by atoms with Crippen LogP contribution in [0.1, 0.15) is 31.0 Å². The van der Waals surface area contributed by atoms with E-state index >= 15 is 0 Å². The molecule has 2 heterocycles. The Bertz CT molecular complexity index is 1420. The molecule has 9 heteroatoms. The van der Waals surface area contributed by atoms with E-state index in [4.69, 9.17) is 21.1 Å². The largest absolute Gasteiger partial charge is 0.497 e. The first kappa shape index (κ1) is 22.9. The van der Waals surface area contributed by atoms with Crippen LogP contribution in [-0.4, -0.2) is 24.3 Å². The number of carbonyl (C=O) groups excluding carboxylic acids is 1. The fraction of sp³-hybridized carbons (Fsp3) is 0.208. The molecule has 1 aliphatic heterocycles. The first-order chi connectivity index (χ1) is 15.8. The number of methoxy groups -OCH3 is 1. The van der Waals surface area contributed by atoms with Crippen LogP contribution in [0.5, 0.6) is 5.75 Å². The standard InChI is InChI=1S/C24H20ClFN2O4S/c1-4-32-23(30)20-13(2)27-24-28(21(20)14-8-10-15(31-3)11-9-14)22(29)19(33-24)12-16-17(25)6-5-7-18(16)26/h5-12,21H,4H2,1-3H3/b19-12+. The van der Waals surface area contributed by atoms with E-state index < -0.39 is 23.4 Å². The fourth-order valence-corrected chi connectivity index (χ4v) is 4.92. The Hall–Kier alpha value is -3.23.